The van der Waals surface area contributed by atoms with Crippen molar-refractivity contribution < 1.29 is 14.6 Å². The second-order valence-electron chi connectivity index (χ2n) is 7.02. The lowest BCUT2D eigenvalue weighted by Gasteiger charge is -2.52. The molecule has 0 heterocycles. The van der Waals surface area contributed by atoms with Crippen molar-refractivity contribution in [3.8, 4) is 0 Å². The van der Waals surface area contributed by atoms with Crippen LogP contribution in [-0.4, -0.2) is 65.4 Å². The van der Waals surface area contributed by atoms with Crippen molar-refractivity contribution in [3.63, 3.8) is 0 Å². The summed E-state index contributed by atoms with van der Waals surface area (Å²) in [4.78, 5) is 0. The zero-order chi connectivity index (χ0) is 19.2. The Labute approximate surface area is 159 Å². The van der Waals surface area contributed by atoms with Crippen LogP contribution >= 0.6 is 0 Å². The first kappa shape index (κ1) is 25.3. The van der Waals surface area contributed by atoms with E-state index in [1.165, 1.54) is 42.8 Å². The molecule has 0 bridgehead atoms. The number of aliphatic hydroxyl groups excluding tert-OH is 1. The van der Waals surface area contributed by atoms with Gasteiger partial charge in [-0.3, -0.25) is 0 Å². The van der Waals surface area contributed by atoms with Gasteiger partial charge in [0, 0.05) is 6.61 Å². The molecule has 6 heteroatoms. The van der Waals surface area contributed by atoms with Gasteiger partial charge in [0.2, 0.25) is 0 Å². The molecular weight excluding hydrogens is 346 g/mol. The molecule has 0 fully saturated rings. The molecule has 0 spiro atoms. The van der Waals surface area contributed by atoms with Gasteiger partial charge in [0.25, 0.3) is 0 Å². The number of rotatable bonds is 17. The first-order valence-corrected chi connectivity index (χ1v) is 15.7. The van der Waals surface area contributed by atoms with E-state index in [2.05, 4.69) is 45.8 Å². The highest BCUT2D eigenvalue weighted by Gasteiger charge is 2.45. The van der Waals surface area contributed by atoms with Gasteiger partial charge in [-0.1, -0.05) is 41.5 Å². The van der Waals surface area contributed by atoms with Crippen molar-refractivity contribution in [1.82, 2.24) is 4.23 Å². The predicted octanol–water partition coefficient (Wildman–Crippen LogP) is 4.71. The topological polar surface area (TPSA) is 41.9 Å². The Morgan fingerprint density at radius 3 is 1.40 bits per heavy atom. The Hall–Kier alpha value is 0.274. The summed E-state index contributed by atoms with van der Waals surface area (Å²) in [5.74, 6) is 0. The molecule has 0 aliphatic heterocycles. The fraction of sp³-hybridized carbons (Fsp3) is 1.00. The molecule has 0 radical (unpaired) electrons. The van der Waals surface area contributed by atoms with Gasteiger partial charge < -0.3 is 18.8 Å². The second kappa shape index (κ2) is 14.3. The first-order chi connectivity index (χ1) is 12.1. The summed E-state index contributed by atoms with van der Waals surface area (Å²) in [5.41, 5.74) is 0. The van der Waals surface area contributed by atoms with Gasteiger partial charge in [-0.2, -0.15) is 0 Å². The number of hydrogen-bond acceptors (Lipinski definition) is 4. The van der Waals surface area contributed by atoms with E-state index in [9.17, 15) is 0 Å². The maximum Gasteiger partial charge on any atom is 0.120 e. The molecule has 0 rings (SSSR count). The highest BCUT2D eigenvalue weighted by atomic mass is 28.4. The first-order valence-electron chi connectivity index (χ1n) is 10.6. The minimum atomic E-state index is -1.34. The lowest BCUT2D eigenvalue weighted by Crippen LogP contribution is -2.66. The fourth-order valence-corrected chi connectivity index (χ4v) is 17.8. The summed E-state index contributed by atoms with van der Waals surface area (Å²) in [7, 11) is -2.69. The third kappa shape index (κ3) is 7.42. The van der Waals surface area contributed by atoms with Gasteiger partial charge in [-0.05, 0) is 49.2 Å². The molecule has 0 aromatic heterocycles. The molecule has 0 aromatic rings. The van der Waals surface area contributed by atoms with Crippen LogP contribution in [0.5, 0.6) is 0 Å². The Kier molecular flexibility index (Phi) is 14.5. The summed E-state index contributed by atoms with van der Waals surface area (Å²) < 4.78 is 14.1. The molecule has 0 unspecified atom stereocenters. The Morgan fingerprint density at radius 2 is 1.04 bits per heavy atom. The van der Waals surface area contributed by atoms with E-state index >= 15 is 0 Å². The van der Waals surface area contributed by atoms with Crippen LogP contribution in [0.25, 0.3) is 0 Å². The van der Waals surface area contributed by atoms with Crippen molar-refractivity contribution in [2.75, 3.05) is 39.6 Å². The van der Waals surface area contributed by atoms with E-state index in [1.807, 2.05) is 0 Å². The van der Waals surface area contributed by atoms with E-state index in [0.717, 1.165) is 13.0 Å². The third-order valence-corrected chi connectivity index (χ3v) is 19.9. The molecule has 25 heavy (non-hydrogen) atoms. The molecule has 0 aliphatic rings. The maximum absolute atomic E-state index is 8.70. The van der Waals surface area contributed by atoms with Gasteiger partial charge in [0.1, 0.15) is 16.5 Å². The summed E-state index contributed by atoms with van der Waals surface area (Å²) in [6.07, 6.45) is 1.13. The highest BCUT2D eigenvalue weighted by molar-refractivity contribution is 6.92. The standard InChI is InChI=1S/C19H45NO3Si2/c1-7-24(8-2,9-3)20(25(10-4,11-5)12-6)14-13-16-22-18-19-23-17-15-21/h21H,7-19H2,1-6H3. The van der Waals surface area contributed by atoms with Crippen LogP contribution < -0.4 is 0 Å². The minimum absolute atomic E-state index is 0.0878. The van der Waals surface area contributed by atoms with Crippen LogP contribution in [0.2, 0.25) is 36.3 Å². The molecule has 0 amide bonds. The number of nitrogens with zero attached hydrogens (tertiary/aromatic N) is 1. The lowest BCUT2D eigenvalue weighted by atomic mass is 10.5. The molecule has 0 aliphatic carbocycles. The molecule has 152 valence electrons. The normalized spacial score (nSPS) is 13.0. The van der Waals surface area contributed by atoms with E-state index < -0.39 is 16.5 Å². The van der Waals surface area contributed by atoms with Crippen molar-refractivity contribution in [2.45, 2.75) is 84.2 Å². The van der Waals surface area contributed by atoms with E-state index in [-0.39, 0.29) is 6.61 Å². The van der Waals surface area contributed by atoms with Gasteiger partial charge in [0.05, 0.1) is 26.4 Å². The van der Waals surface area contributed by atoms with Crippen molar-refractivity contribution in [3.05, 3.63) is 0 Å². The molecule has 4 nitrogen and oxygen atoms in total. The van der Waals surface area contributed by atoms with Crippen LogP contribution in [-0.2, 0) is 9.47 Å². The van der Waals surface area contributed by atoms with E-state index in [1.54, 1.807) is 0 Å². The van der Waals surface area contributed by atoms with Crippen molar-refractivity contribution in [2.24, 2.45) is 0 Å². The molecule has 0 atom stereocenters. The largest absolute Gasteiger partial charge is 0.394 e. The quantitative estimate of drug-likeness (QED) is 0.288. The van der Waals surface area contributed by atoms with Crippen molar-refractivity contribution in [1.29, 1.82) is 0 Å². The Bertz CT molecular complexity index is 275. The van der Waals surface area contributed by atoms with E-state index in [0.29, 0.717) is 19.8 Å². The second-order valence-corrected chi connectivity index (χ2v) is 17.7. The summed E-state index contributed by atoms with van der Waals surface area (Å²) in [6, 6.07) is 8.28. The minimum Gasteiger partial charge on any atom is -0.394 e. The summed E-state index contributed by atoms with van der Waals surface area (Å²) in [6.45, 7) is 18.4. The van der Waals surface area contributed by atoms with Gasteiger partial charge in [-0.25, -0.2) is 0 Å². The Balaban J connectivity index is 4.82. The number of ether oxygens (including phenoxy) is 2. The summed E-state index contributed by atoms with van der Waals surface area (Å²) in [5, 5.41) is 8.70. The summed E-state index contributed by atoms with van der Waals surface area (Å²) >= 11 is 0. The van der Waals surface area contributed by atoms with Crippen LogP contribution in [0, 0.1) is 0 Å². The maximum atomic E-state index is 8.70. The zero-order valence-electron chi connectivity index (χ0n) is 17.9. The highest BCUT2D eigenvalue weighted by Crippen LogP contribution is 2.35. The van der Waals surface area contributed by atoms with Gasteiger partial charge >= 0.3 is 0 Å². The van der Waals surface area contributed by atoms with Gasteiger partial charge in [0.15, 0.2) is 0 Å². The Morgan fingerprint density at radius 1 is 0.640 bits per heavy atom. The van der Waals surface area contributed by atoms with Gasteiger partial charge in [-0.15, -0.1) is 0 Å². The van der Waals surface area contributed by atoms with Crippen LogP contribution in [0.15, 0.2) is 0 Å². The molecular formula is C19H45NO3Si2. The average Bonchev–Trinajstić information content (AvgIpc) is 2.66. The SMILES string of the molecule is CC[Si](CC)(CC)N(CCCOCCOCCO)[Si](CC)(CC)CC. The predicted molar refractivity (Wildman–Crippen MR) is 114 cm³/mol. The molecule has 0 aromatic carbocycles. The molecule has 0 saturated heterocycles. The average molecular weight is 392 g/mol. The molecule has 0 saturated carbocycles. The fourth-order valence-electron chi connectivity index (χ4n) is 4.33. The third-order valence-electron chi connectivity index (χ3n) is 6.37. The lowest BCUT2D eigenvalue weighted by molar-refractivity contribution is 0.0321. The van der Waals surface area contributed by atoms with Crippen LogP contribution in [0.3, 0.4) is 0 Å². The van der Waals surface area contributed by atoms with E-state index in [4.69, 9.17) is 14.6 Å². The zero-order valence-corrected chi connectivity index (χ0v) is 19.9. The smallest absolute Gasteiger partial charge is 0.120 e. The van der Waals surface area contributed by atoms with Crippen LogP contribution in [0.4, 0.5) is 0 Å². The van der Waals surface area contributed by atoms with Crippen molar-refractivity contribution >= 4 is 16.5 Å². The number of hydrogen-bond donors (Lipinski definition) is 1. The number of aliphatic hydroxyl groups is 1. The van der Waals surface area contributed by atoms with Crippen LogP contribution in [0.1, 0.15) is 48.0 Å². The monoisotopic (exact) mass is 391 g/mol. The molecule has 1 N–H and O–H groups in total.